The van der Waals surface area contributed by atoms with E-state index in [-0.39, 0.29) is 4.90 Å². The van der Waals surface area contributed by atoms with Crippen molar-refractivity contribution >= 4 is 15.9 Å². The molecule has 0 saturated carbocycles. The van der Waals surface area contributed by atoms with Crippen LogP contribution in [0.4, 0.5) is 0 Å². The van der Waals surface area contributed by atoms with Crippen molar-refractivity contribution < 1.29 is 18.3 Å². The van der Waals surface area contributed by atoms with Gasteiger partial charge in [0.05, 0.1) is 10.9 Å². The Labute approximate surface area is 147 Å². The van der Waals surface area contributed by atoms with Crippen LogP contribution in [0.2, 0.25) is 0 Å². The molecule has 1 aromatic rings. The summed E-state index contributed by atoms with van der Waals surface area (Å²) in [5, 5.41) is 22.3. The number of aliphatic imine (C=N–C) groups is 1. The van der Waals surface area contributed by atoms with Crippen molar-refractivity contribution in [1.29, 1.82) is 5.26 Å². The first-order chi connectivity index (χ1) is 11.5. The van der Waals surface area contributed by atoms with E-state index in [9.17, 15) is 13.5 Å². The fourth-order valence-electron chi connectivity index (χ4n) is 2.64. The molecule has 2 rings (SSSR count). The Bertz CT molecular complexity index is 840. The summed E-state index contributed by atoms with van der Waals surface area (Å²) in [4.78, 5) is 3.70. The highest BCUT2D eigenvalue weighted by Gasteiger charge is 2.43. The van der Waals surface area contributed by atoms with E-state index in [0.29, 0.717) is 17.1 Å². The molecule has 2 unspecified atom stereocenters. The van der Waals surface area contributed by atoms with Crippen molar-refractivity contribution in [3.63, 3.8) is 0 Å². The van der Waals surface area contributed by atoms with E-state index < -0.39 is 27.8 Å². The Morgan fingerprint density at radius 3 is 2.64 bits per heavy atom. The van der Waals surface area contributed by atoms with E-state index in [0.717, 1.165) is 4.31 Å². The molecule has 0 aliphatic carbocycles. The van der Waals surface area contributed by atoms with Crippen LogP contribution in [0.3, 0.4) is 0 Å². The highest BCUT2D eigenvalue weighted by molar-refractivity contribution is 7.89. The van der Waals surface area contributed by atoms with Crippen molar-refractivity contribution in [2.24, 2.45) is 4.99 Å². The first-order valence-corrected chi connectivity index (χ1v) is 9.08. The zero-order valence-corrected chi connectivity index (χ0v) is 15.6. The fraction of sp³-hybridized carbons (Fsp3) is 0.500. The number of nitrogens with one attached hydrogen (secondary N) is 1. The van der Waals surface area contributed by atoms with Crippen LogP contribution in [-0.4, -0.2) is 49.5 Å². The molecule has 0 spiro atoms. The van der Waals surface area contributed by atoms with Gasteiger partial charge >= 0.3 is 0 Å². The van der Waals surface area contributed by atoms with Gasteiger partial charge in [-0.05, 0) is 39.0 Å². The van der Waals surface area contributed by atoms with Gasteiger partial charge in [0.25, 0.3) is 0 Å². The normalized spacial score (nSPS) is 22.7. The van der Waals surface area contributed by atoms with Crippen LogP contribution in [0.25, 0.3) is 0 Å². The number of ether oxygens (including phenoxy) is 1. The first-order valence-electron chi connectivity index (χ1n) is 7.64. The number of rotatable bonds is 3. The van der Waals surface area contributed by atoms with E-state index in [1.165, 1.54) is 26.2 Å². The minimum absolute atomic E-state index is 0.0911. The number of nitrogens with zero attached hydrogens (tertiary/aromatic N) is 3. The second kappa shape index (κ2) is 6.63. The second-order valence-corrected chi connectivity index (χ2v) is 8.71. The van der Waals surface area contributed by atoms with Crippen LogP contribution in [0.15, 0.2) is 28.1 Å². The van der Waals surface area contributed by atoms with Gasteiger partial charge in [-0.1, -0.05) is 0 Å². The molecule has 1 aliphatic heterocycles. The van der Waals surface area contributed by atoms with Crippen molar-refractivity contribution in [3.8, 4) is 11.9 Å². The second-order valence-electron chi connectivity index (χ2n) is 6.56. The lowest BCUT2D eigenvalue weighted by molar-refractivity contribution is -0.0611. The molecule has 136 valence electrons. The summed E-state index contributed by atoms with van der Waals surface area (Å²) in [6.45, 7) is 5.06. The third-order valence-corrected chi connectivity index (χ3v) is 5.89. The molecule has 25 heavy (non-hydrogen) atoms. The van der Waals surface area contributed by atoms with Gasteiger partial charge in [-0.15, -0.1) is 0 Å². The molecule has 2 N–H and O–H groups in total. The predicted molar refractivity (Wildman–Crippen MR) is 92.6 cm³/mol. The smallest absolute Gasteiger partial charge is 0.242 e. The van der Waals surface area contributed by atoms with Gasteiger partial charge in [-0.2, -0.15) is 10.3 Å². The molecule has 0 amide bonds. The minimum atomic E-state index is -3.63. The van der Waals surface area contributed by atoms with Gasteiger partial charge in [0, 0.05) is 19.7 Å². The lowest BCUT2D eigenvalue weighted by atomic mass is 9.86. The molecule has 2 atom stereocenters. The van der Waals surface area contributed by atoms with Crippen LogP contribution >= 0.6 is 0 Å². The summed E-state index contributed by atoms with van der Waals surface area (Å²) in [7, 11) is -0.739. The lowest BCUT2D eigenvalue weighted by Crippen LogP contribution is -2.53. The zero-order chi connectivity index (χ0) is 19.0. The van der Waals surface area contributed by atoms with Crippen LogP contribution in [0, 0.1) is 11.5 Å². The van der Waals surface area contributed by atoms with Gasteiger partial charge in [0.2, 0.25) is 16.2 Å². The third kappa shape index (κ3) is 3.61. The third-order valence-electron chi connectivity index (χ3n) is 4.08. The average molecular weight is 366 g/mol. The van der Waals surface area contributed by atoms with Crippen LogP contribution in [0.1, 0.15) is 32.4 Å². The van der Waals surface area contributed by atoms with Crippen molar-refractivity contribution in [1.82, 2.24) is 9.62 Å². The Morgan fingerprint density at radius 2 is 2.08 bits per heavy atom. The highest BCUT2D eigenvalue weighted by atomic mass is 32.2. The van der Waals surface area contributed by atoms with E-state index in [1.807, 2.05) is 0 Å². The molecule has 0 aromatic heterocycles. The topological polar surface area (TPSA) is 115 Å². The van der Waals surface area contributed by atoms with Crippen molar-refractivity contribution in [3.05, 3.63) is 23.8 Å². The maximum Gasteiger partial charge on any atom is 0.242 e. The molecule has 8 nitrogen and oxygen atoms in total. The molecule has 1 aliphatic rings. The monoisotopic (exact) mass is 366 g/mol. The Morgan fingerprint density at radius 1 is 1.44 bits per heavy atom. The summed E-state index contributed by atoms with van der Waals surface area (Å²) in [6.07, 6.45) is 0.692. The van der Waals surface area contributed by atoms with Gasteiger partial charge in [-0.3, -0.25) is 0 Å². The van der Waals surface area contributed by atoms with Crippen LogP contribution < -0.4 is 10.1 Å². The molecule has 1 aromatic carbocycles. The maximum atomic E-state index is 12.4. The summed E-state index contributed by atoms with van der Waals surface area (Å²) >= 11 is 0. The molecule has 0 saturated heterocycles. The predicted octanol–water partition coefficient (Wildman–Crippen LogP) is 0.999. The molecule has 0 radical (unpaired) electrons. The molecule has 1 heterocycles. The Kier molecular flexibility index (Phi) is 5.09. The Balaban J connectivity index is 2.59. The molecule has 9 heteroatoms. The van der Waals surface area contributed by atoms with Crippen molar-refractivity contribution in [2.75, 3.05) is 14.1 Å². The molecule has 0 fully saturated rings. The largest absolute Gasteiger partial charge is 0.485 e. The summed E-state index contributed by atoms with van der Waals surface area (Å²) < 4.78 is 31.7. The molecular weight excluding hydrogens is 344 g/mol. The summed E-state index contributed by atoms with van der Waals surface area (Å²) in [6, 6.07) is 3.84. The quantitative estimate of drug-likeness (QED) is 0.468. The number of fused-ring (bicyclic) bond motifs is 1. The zero-order valence-electron chi connectivity index (χ0n) is 14.8. The van der Waals surface area contributed by atoms with Gasteiger partial charge < -0.3 is 15.2 Å². The summed E-state index contributed by atoms with van der Waals surface area (Å²) in [5.41, 5.74) is -0.415. The number of benzene rings is 1. The highest BCUT2D eigenvalue weighted by Crippen LogP contribution is 2.41. The van der Waals surface area contributed by atoms with Gasteiger partial charge in [0.1, 0.15) is 23.3 Å². The van der Waals surface area contributed by atoms with E-state index in [1.54, 1.807) is 33.0 Å². The van der Waals surface area contributed by atoms with Crippen LogP contribution in [0.5, 0.6) is 5.75 Å². The molecular formula is C16H22N4O4S. The molecule has 0 bridgehead atoms. The van der Waals surface area contributed by atoms with Crippen molar-refractivity contribution in [2.45, 2.75) is 43.4 Å². The SMILES string of the molecule is CC(=NC#N)NC1c2cc(S(=O)(=O)N(C)C)ccc2OC(C)(C)C1O. The number of amidine groups is 1. The maximum absolute atomic E-state index is 12.4. The number of aliphatic hydroxyl groups excluding tert-OH is 1. The van der Waals surface area contributed by atoms with Crippen LogP contribution in [-0.2, 0) is 10.0 Å². The van der Waals surface area contributed by atoms with Gasteiger partial charge in [-0.25, -0.2) is 12.7 Å². The number of hydrogen-bond acceptors (Lipinski definition) is 6. The average Bonchev–Trinajstić information content (AvgIpc) is 2.51. The number of nitriles is 1. The van der Waals surface area contributed by atoms with Gasteiger partial charge in [0.15, 0.2) is 0 Å². The number of hydrogen-bond donors (Lipinski definition) is 2. The lowest BCUT2D eigenvalue weighted by Gasteiger charge is -2.42. The Hall–Kier alpha value is -2.15. The minimum Gasteiger partial charge on any atom is -0.485 e. The first kappa shape index (κ1) is 19.2. The number of aliphatic hydroxyl groups is 1. The fourth-order valence-corrected chi connectivity index (χ4v) is 3.58. The van der Waals surface area contributed by atoms with E-state index >= 15 is 0 Å². The van der Waals surface area contributed by atoms with E-state index in [4.69, 9.17) is 10.00 Å². The van der Waals surface area contributed by atoms with E-state index in [2.05, 4.69) is 10.3 Å². The summed E-state index contributed by atoms with van der Waals surface area (Å²) in [5.74, 6) is 0.784. The number of sulfonamides is 1. The standard InChI is InChI=1S/C16H22N4O4S/c1-10(18-9-17)19-14-12-8-11(25(22,23)20(4)5)6-7-13(12)24-16(2,3)15(14)21/h6-8,14-15,21H,1-5H3,(H,18,19).